The molecule has 2 rings (SSSR count). The molecule has 0 spiro atoms. The zero-order valence-electron chi connectivity index (χ0n) is 11.8. The molecule has 0 aliphatic heterocycles. The van der Waals surface area contributed by atoms with Crippen molar-refractivity contribution in [3.05, 3.63) is 47.0 Å². The lowest BCUT2D eigenvalue weighted by Crippen LogP contribution is -2.14. The van der Waals surface area contributed by atoms with Gasteiger partial charge in [-0.05, 0) is 23.6 Å². The van der Waals surface area contributed by atoms with E-state index in [1.807, 2.05) is 28.9 Å². The van der Waals surface area contributed by atoms with E-state index in [4.69, 9.17) is 23.2 Å². The molecule has 0 amide bonds. The van der Waals surface area contributed by atoms with Gasteiger partial charge in [0.15, 0.2) is 0 Å². The number of hydrogen-bond acceptors (Lipinski definition) is 2. The molecule has 1 aromatic carbocycles. The molecule has 3 nitrogen and oxygen atoms in total. The van der Waals surface area contributed by atoms with Crippen LogP contribution in [0.25, 0.3) is 0 Å². The minimum atomic E-state index is 0.226. The van der Waals surface area contributed by atoms with E-state index >= 15 is 0 Å². The second-order valence-corrected chi connectivity index (χ2v) is 6.10. The van der Waals surface area contributed by atoms with Crippen molar-refractivity contribution >= 4 is 23.2 Å². The summed E-state index contributed by atoms with van der Waals surface area (Å²) in [5.74, 6) is 2.31. The quantitative estimate of drug-likeness (QED) is 0.750. The van der Waals surface area contributed by atoms with E-state index in [0.29, 0.717) is 11.8 Å². The SMILES string of the molecule is CC(C)Cn1ncnc1CC(CCl)c1ccc(Cl)cc1. The summed E-state index contributed by atoms with van der Waals surface area (Å²) < 4.78 is 1.97. The van der Waals surface area contributed by atoms with Gasteiger partial charge >= 0.3 is 0 Å². The van der Waals surface area contributed by atoms with Crippen molar-refractivity contribution in [3.63, 3.8) is 0 Å². The maximum Gasteiger partial charge on any atom is 0.138 e. The summed E-state index contributed by atoms with van der Waals surface area (Å²) in [6, 6.07) is 7.85. The first-order valence-electron chi connectivity index (χ1n) is 6.78. The van der Waals surface area contributed by atoms with Crippen LogP contribution in [0.4, 0.5) is 0 Å². The van der Waals surface area contributed by atoms with Crippen LogP contribution in [-0.2, 0) is 13.0 Å². The first-order chi connectivity index (χ1) is 9.60. The van der Waals surface area contributed by atoms with E-state index < -0.39 is 0 Å². The number of benzene rings is 1. The fourth-order valence-corrected chi connectivity index (χ4v) is 2.57. The summed E-state index contributed by atoms with van der Waals surface area (Å²) in [6.07, 6.45) is 2.41. The smallest absolute Gasteiger partial charge is 0.138 e. The Labute approximate surface area is 129 Å². The molecule has 0 N–H and O–H groups in total. The molecule has 20 heavy (non-hydrogen) atoms. The molecule has 108 valence electrons. The van der Waals surface area contributed by atoms with Crippen LogP contribution in [0, 0.1) is 5.92 Å². The maximum atomic E-state index is 6.13. The molecule has 1 atom stereocenters. The van der Waals surface area contributed by atoms with Crippen LogP contribution in [0.2, 0.25) is 5.02 Å². The summed E-state index contributed by atoms with van der Waals surface area (Å²) in [5, 5.41) is 5.03. The second-order valence-electron chi connectivity index (χ2n) is 5.36. The van der Waals surface area contributed by atoms with Gasteiger partial charge in [0.05, 0.1) is 0 Å². The summed E-state index contributed by atoms with van der Waals surface area (Å²) in [5.41, 5.74) is 1.18. The molecule has 5 heteroatoms. The molecule has 1 unspecified atom stereocenters. The fourth-order valence-electron chi connectivity index (χ4n) is 2.16. The van der Waals surface area contributed by atoms with Gasteiger partial charge in [0.2, 0.25) is 0 Å². The molecule has 2 aromatic rings. The predicted molar refractivity (Wildman–Crippen MR) is 83.5 cm³/mol. The molecule has 0 bridgehead atoms. The number of hydrogen-bond donors (Lipinski definition) is 0. The first-order valence-corrected chi connectivity index (χ1v) is 7.69. The Morgan fingerprint density at radius 3 is 2.50 bits per heavy atom. The van der Waals surface area contributed by atoms with Crippen molar-refractivity contribution in [2.24, 2.45) is 5.92 Å². The molecule has 0 saturated carbocycles. The van der Waals surface area contributed by atoms with E-state index in [1.165, 1.54) is 5.56 Å². The highest BCUT2D eigenvalue weighted by Crippen LogP contribution is 2.23. The van der Waals surface area contributed by atoms with Crippen LogP contribution in [0.3, 0.4) is 0 Å². The Bertz CT molecular complexity index is 534. The molecule has 1 aromatic heterocycles. The van der Waals surface area contributed by atoms with Crippen LogP contribution >= 0.6 is 23.2 Å². The average Bonchev–Trinajstić information content (AvgIpc) is 2.83. The lowest BCUT2D eigenvalue weighted by Gasteiger charge is -2.15. The van der Waals surface area contributed by atoms with Crippen LogP contribution < -0.4 is 0 Å². The molecule has 0 fully saturated rings. The van der Waals surface area contributed by atoms with Crippen molar-refractivity contribution < 1.29 is 0 Å². The standard InChI is InChI=1S/C15H19Cl2N3/c1-11(2)9-20-15(18-10-19-20)7-13(8-16)12-3-5-14(17)6-4-12/h3-6,10-11,13H,7-9H2,1-2H3. The van der Waals surface area contributed by atoms with Gasteiger partial charge in [-0.1, -0.05) is 37.6 Å². The lowest BCUT2D eigenvalue weighted by atomic mass is 9.97. The monoisotopic (exact) mass is 311 g/mol. The van der Waals surface area contributed by atoms with Crippen molar-refractivity contribution in [3.8, 4) is 0 Å². The maximum absolute atomic E-state index is 6.13. The molecule has 1 heterocycles. The molecule has 0 saturated heterocycles. The third-order valence-corrected chi connectivity index (χ3v) is 3.81. The zero-order valence-corrected chi connectivity index (χ0v) is 13.3. The van der Waals surface area contributed by atoms with Crippen molar-refractivity contribution in [2.75, 3.05) is 5.88 Å². The summed E-state index contributed by atoms with van der Waals surface area (Å²) in [4.78, 5) is 4.37. The second kappa shape index (κ2) is 7.09. The van der Waals surface area contributed by atoms with Crippen molar-refractivity contribution in [1.82, 2.24) is 14.8 Å². The van der Waals surface area contributed by atoms with Gasteiger partial charge in [-0.25, -0.2) is 9.67 Å². The van der Waals surface area contributed by atoms with Gasteiger partial charge in [-0.2, -0.15) is 5.10 Å². The number of alkyl halides is 1. The summed E-state index contributed by atoms with van der Waals surface area (Å²) in [6.45, 7) is 5.22. The number of nitrogens with zero attached hydrogens (tertiary/aromatic N) is 3. The Hall–Kier alpha value is -1.06. The normalized spacial score (nSPS) is 12.8. The average molecular weight is 312 g/mol. The van der Waals surface area contributed by atoms with Crippen molar-refractivity contribution in [2.45, 2.75) is 32.7 Å². The number of halogens is 2. The predicted octanol–water partition coefficient (Wildman–Crippen LogP) is 4.15. The third-order valence-electron chi connectivity index (χ3n) is 3.19. The highest BCUT2D eigenvalue weighted by atomic mass is 35.5. The van der Waals surface area contributed by atoms with E-state index in [9.17, 15) is 0 Å². The molecule has 0 aliphatic rings. The minimum absolute atomic E-state index is 0.226. The van der Waals surface area contributed by atoms with Crippen LogP contribution in [0.5, 0.6) is 0 Å². The first kappa shape index (κ1) is 15.3. The van der Waals surface area contributed by atoms with Crippen LogP contribution in [0.15, 0.2) is 30.6 Å². The number of rotatable bonds is 6. The Balaban J connectivity index is 2.14. The summed E-state index contributed by atoms with van der Waals surface area (Å²) >= 11 is 12.1. The van der Waals surface area contributed by atoms with Gasteiger partial charge in [0.1, 0.15) is 12.2 Å². The van der Waals surface area contributed by atoms with Gasteiger partial charge < -0.3 is 0 Å². The van der Waals surface area contributed by atoms with Crippen LogP contribution in [-0.4, -0.2) is 20.6 Å². The molecular weight excluding hydrogens is 293 g/mol. The van der Waals surface area contributed by atoms with Crippen molar-refractivity contribution in [1.29, 1.82) is 0 Å². The molecule has 0 aliphatic carbocycles. The highest BCUT2D eigenvalue weighted by molar-refractivity contribution is 6.30. The van der Waals surface area contributed by atoms with Gasteiger partial charge in [0.25, 0.3) is 0 Å². The Kier molecular flexibility index (Phi) is 5.44. The largest absolute Gasteiger partial charge is 0.250 e. The van der Waals surface area contributed by atoms with E-state index in [1.54, 1.807) is 6.33 Å². The summed E-state index contributed by atoms with van der Waals surface area (Å²) in [7, 11) is 0. The number of aromatic nitrogens is 3. The Morgan fingerprint density at radius 2 is 1.90 bits per heavy atom. The molecule has 0 radical (unpaired) electrons. The Morgan fingerprint density at radius 1 is 1.20 bits per heavy atom. The van der Waals surface area contributed by atoms with Crippen LogP contribution in [0.1, 0.15) is 31.2 Å². The zero-order chi connectivity index (χ0) is 14.5. The highest BCUT2D eigenvalue weighted by Gasteiger charge is 2.15. The van der Waals surface area contributed by atoms with Gasteiger partial charge in [0, 0.05) is 29.8 Å². The molecular formula is C15H19Cl2N3. The minimum Gasteiger partial charge on any atom is -0.250 e. The van der Waals surface area contributed by atoms with Gasteiger partial charge in [-0.15, -0.1) is 11.6 Å². The topological polar surface area (TPSA) is 30.7 Å². The fraction of sp³-hybridized carbons (Fsp3) is 0.467. The van der Waals surface area contributed by atoms with E-state index in [0.717, 1.165) is 23.8 Å². The lowest BCUT2D eigenvalue weighted by molar-refractivity contribution is 0.461. The van der Waals surface area contributed by atoms with E-state index in [2.05, 4.69) is 23.9 Å². The van der Waals surface area contributed by atoms with E-state index in [-0.39, 0.29) is 5.92 Å². The third kappa shape index (κ3) is 3.97. The van der Waals surface area contributed by atoms with Gasteiger partial charge in [-0.3, -0.25) is 0 Å².